The van der Waals surface area contributed by atoms with Gasteiger partial charge in [-0.2, -0.15) is 5.01 Å². The molecule has 0 N–H and O–H groups in total. The molecule has 1 saturated heterocycles. The number of amides is 3. The molecule has 0 aromatic heterocycles. The fraction of sp³-hybridized carbons (Fsp3) is 0.348. The van der Waals surface area contributed by atoms with Crippen LogP contribution in [0.5, 0.6) is 0 Å². The van der Waals surface area contributed by atoms with Gasteiger partial charge in [-0.05, 0) is 36.8 Å². The Morgan fingerprint density at radius 3 is 2.48 bits per heavy atom. The van der Waals surface area contributed by atoms with E-state index in [2.05, 4.69) is 6.92 Å². The molecule has 3 amide bonds. The topological polar surface area (TPSA) is 101 Å². The molecular formula is C23H23N3O5. The molecule has 0 spiro atoms. The van der Waals surface area contributed by atoms with E-state index in [1.54, 1.807) is 24.3 Å². The molecule has 4 rings (SSSR count). The van der Waals surface area contributed by atoms with Gasteiger partial charge >= 0.3 is 0 Å². The van der Waals surface area contributed by atoms with Crippen LogP contribution in [0.25, 0.3) is 0 Å². The van der Waals surface area contributed by atoms with Crippen molar-refractivity contribution in [3.05, 3.63) is 75.8 Å². The minimum Gasteiger partial charge on any atom is -0.272 e. The average Bonchev–Trinajstić information content (AvgIpc) is 3.02. The summed E-state index contributed by atoms with van der Waals surface area (Å²) in [6, 6.07) is 14.4. The van der Waals surface area contributed by atoms with Crippen LogP contribution < -0.4 is 0 Å². The highest BCUT2D eigenvalue weighted by molar-refractivity contribution is 6.07. The molecular weight excluding hydrogens is 398 g/mol. The van der Waals surface area contributed by atoms with Crippen molar-refractivity contribution in [2.45, 2.75) is 32.7 Å². The molecule has 31 heavy (non-hydrogen) atoms. The number of nitro benzene ring substituents is 1. The summed E-state index contributed by atoms with van der Waals surface area (Å²) in [6.07, 6.45) is 2.11. The van der Waals surface area contributed by atoms with Crippen molar-refractivity contribution in [3.8, 4) is 0 Å². The van der Waals surface area contributed by atoms with Gasteiger partial charge in [0.2, 0.25) is 0 Å². The van der Waals surface area contributed by atoms with Crippen molar-refractivity contribution in [2.24, 2.45) is 17.8 Å². The molecule has 1 aliphatic carbocycles. The van der Waals surface area contributed by atoms with E-state index < -0.39 is 22.7 Å². The normalized spacial score (nSPS) is 22.9. The summed E-state index contributed by atoms with van der Waals surface area (Å²) >= 11 is 0. The molecule has 2 fully saturated rings. The van der Waals surface area contributed by atoms with Gasteiger partial charge in [-0.15, -0.1) is 0 Å². The Morgan fingerprint density at radius 2 is 1.77 bits per heavy atom. The van der Waals surface area contributed by atoms with Crippen molar-refractivity contribution in [1.82, 2.24) is 10.0 Å². The number of benzene rings is 2. The van der Waals surface area contributed by atoms with E-state index in [4.69, 9.17) is 0 Å². The molecule has 0 radical (unpaired) electrons. The maximum atomic E-state index is 13.4. The maximum absolute atomic E-state index is 13.4. The van der Waals surface area contributed by atoms with Crippen molar-refractivity contribution in [1.29, 1.82) is 0 Å². The summed E-state index contributed by atoms with van der Waals surface area (Å²) in [7, 11) is 0. The molecule has 2 aliphatic rings. The minimum absolute atomic E-state index is 0.00877. The first-order chi connectivity index (χ1) is 14.9. The highest BCUT2D eigenvalue weighted by Crippen LogP contribution is 2.41. The third-order valence-corrected chi connectivity index (χ3v) is 6.12. The van der Waals surface area contributed by atoms with Crippen LogP contribution in [0.15, 0.2) is 54.6 Å². The Kier molecular flexibility index (Phi) is 5.54. The first kappa shape index (κ1) is 20.7. The van der Waals surface area contributed by atoms with Gasteiger partial charge < -0.3 is 0 Å². The number of fused-ring (bicyclic) bond motifs is 1. The quantitative estimate of drug-likeness (QED) is 0.417. The molecule has 8 nitrogen and oxygen atoms in total. The van der Waals surface area contributed by atoms with E-state index in [0.29, 0.717) is 18.8 Å². The van der Waals surface area contributed by atoms with Gasteiger partial charge in [0.25, 0.3) is 23.4 Å². The standard InChI is InChI=1S/C23H23N3O5/c1-15-10-11-19-20(12-15)23(29)25(22(19)28)24(14-16-6-3-2-4-7-16)21(27)17-8-5-9-18(13-17)26(30)31/h2-9,13,15,19-20H,10-12,14H2,1H3/t15-,19+,20+/m1/s1. The molecule has 2 aromatic rings. The van der Waals surface area contributed by atoms with Gasteiger partial charge in [0.15, 0.2) is 0 Å². The second kappa shape index (κ2) is 8.29. The van der Waals surface area contributed by atoms with Crippen LogP contribution in [0.1, 0.15) is 42.1 Å². The Labute approximate surface area is 179 Å². The van der Waals surface area contributed by atoms with Crippen molar-refractivity contribution in [3.63, 3.8) is 0 Å². The lowest BCUT2D eigenvalue weighted by atomic mass is 9.76. The first-order valence-electron chi connectivity index (χ1n) is 10.3. The molecule has 8 heteroatoms. The number of non-ortho nitro benzene ring substituents is 1. The number of carbonyl (C=O) groups excluding carboxylic acids is 3. The number of nitrogens with zero attached hydrogens (tertiary/aromatic N) is 3. The van der Waals surface area contributed by atoms with E-state index >= 15 is 0 Å². The third-order valence-electron chi connectivity index (χ3n) is 6.12. The summed E-state index contributed by atoms with van der Waals surface area (Å²) in [6.45, 7) is 2.07. The van der Waals surface area contributed by atoms with Gasteiger partial charge in [-0.25, -0.2) is 5.01 Å². The number of imide groups is 1. The molecule has 0 bridgehead atoms. The average molecular weight is 421 g/mol. The fourth-order valence-electron chi connectivity index (χ4n) is 4.50. The van der Waals surface area contributed by atoms with E-state index in [-0.39, 0.29) is 29.6 Å². The zero-order valence-corrected chi connectivity index (χ0v) is 17.1. The lowest BCUT2D eigenvalue weighted by Gasteiger charge is -2.30. The van der Waals surface area contributed by atoms with Crippen molar-refractivity contribution in [2.75, 3.05) is 0 Å². The smallest absolute Gasteiger partial charge is 0.272 e. The molecule has 0 unspecified atom stereocenters. The molecule has 3 atom stereocenters. The summed E-state index contributed by atoms with van der Waals surface area (Å²) < 4.78 is 0. The summed E-state index contributed by atoms with van der Waals surface area (Å²) in [4.78, 5) is 50.5. The van der Waals surface area contributed by atoms with Crippen molar-refractivity contribution >= 4 is 23.4 Å². The van der Waals surface area contributed by atoms with Crippen LogP contribution >= 0.6 is 0 Å². The van der Waals surface area contributed by atoms with Crippen LogP contribution in [0, 0.1) is 27.9 Å². The summed E-state index contributed by atoms with van der Waals surface area (Å²) in [5.41, 5.74) is 0.561. The summed E-state index contributed by atoms with van der Waals surface area (Å²) in [5, 5.41) is 13.3. The highest BCUT2D eigenvalue weighted by Gasteiger charge is 2.52. The van der Waals surface area contributed by atoms with Crippen LogP contribution in [0.4, 0.5) is 5.69 Å². The van der Waals surface area contributed by atoms with Crippen LogP contribution in [0.2, 0.25) is 0 Å². The monoisotopic (exact) mass is 421 g/mol. The van der Waals surface area contributed by atoms with Gasteiger partial charge in [0, 0.05) is 17.7 Å². The number of hydrazine groups is 1. The van der Waals surface area contributed by atoms with E-state index in [0.717, 1.165) is 22.0 Å². The zero-order chi connectivity index (χ0) is 22.1. The maximum Gasteiger partial charge on any atom is 0.273 e. The summed E-state index contributed by atoms with van der Waals surface area (Å²) in [5.74, 6) is -1.85. The van der Waals surface area contributed by atoms with E-state index in [1.807, 2.05) is 6.07 Å². The molecule has 1 aliphatic heterocycles. The lowest BCUT2D eigenvalue weighted by Crippen LogP contribution is -2.49. The van der Waals surface area contributed by atoms with E-state index in [1.165, 1.54) is 24.3 Å². The first-order valence-corrected chi connectivity index (χ1v) is 10.3. The number of carbonyl (C=O) groups is 3. The van der Waals surface area contributed by atoms with Crippen molar-refractivity contribution < 1.29 is 19.3 Å². The Hall–Kier alpha value is -3.55. The van der Waals surface area contributed by atoms with Crippen LogP contribution in [0.3, 0.4) is 0 Å². The molecule has 1 heterocycles. The van der Waals surface area contributed by atoms with Gasteiger partial charge in [0.1, 0.15) is 0 Å². The number of nitro groups is 1. The number of hydrogen-bond acceptors (Lipinski definition) is 5. The Morgan fingerprint density at radius 1 is 1.06 bits per heavy atom. The molecule has 1 saturated carbocycles. The predicted molar refractivity (Wildman–Crippen MR) is 111 cm³/mol. The number of rotatable bonds is 5. The predicted octanol–water partition coefficient (Wildman–Crippen LogP) is 3.57. The third kappa shape index (κ3) is 3.93. The minimum atomic E-state index is -0.624. The fourth-order valence-corrected chi connectivity index (χ4v) is 4.50. The Bertz CT molecular complexity index is 1040. The highest BCUT2D eigenvalue weighted by atomic mass is 16.6. The number of hydrogen-bond donors (Lipinski definition) is 0. The van der Waals surface area contributed by atoms with E-state index in [9.17, 15) is 24.5 Å². The zero-order valence-electron chi connectivity index (χ0n) is 17.1. The van der Waals surface area contributed by atoms with Gasteiger partial charge in [0.05, 0.1) is 23.3 Å². The van der Waals surface area contributed by atoms with Crippen LogP contribution in [-0.2, 0) is 16.1 Å². The van der Waals surface area contributed by atoms with Gasteiger partial charge in [-0.3, -0.25) is 24.5 Å². The SMILES string of the molecule is C[C@@H]1CC[C@@H]2C(=O)N(N(Cc3ccccc3)C(=O)c3cccc([N+](=O)[O-])c3)C(=O)[C@H]2C1. The second-order valence-electron chi connectivity index (χ2n) is 8.28. The second-order valence-corrected chi connectivity index (χ2v) is 8.28. The van der Waals surface area contributed by atoms with Gasteiger partial charge in [-0.1, -0.05) is 43.3 Å². The molecule has 160 valence electrons. The largest absolute Gasteiger partial charge is 0.273 e. The Balaban J connectivity index is 1.72. The molecule has 2 aromatic carbocycles. The lowest BCUT2D eigenvalue weighted by molar-refractivity contribution is -0.384. The van der Waals surface area contributed by atoms with Crippen LogP contribution in [-0.4, -0.2) is 32.7 Å².